The number of rotatable bonds is 8. The molecule has 1 aromatic carbocycles. The Morgan fingerprint density at radius 2 is 1.96 bits per heavy atom. The van der Waals surface area contributed by atoms with Crippen LogP contribution in [0.2, 0.25) is 0 Å². The van der Waals surface area contributed by atoms with Crippen LogP contribution in [-0.4, -0.2) is 75.9 Å². The van der Waals surface area contributed by atoms with Crippen LogP contribution in [0, 0.1) is 12.3 Å². The lowest BCUT2D eigenvalue weighted by Crippen LogP contribution is -2.43. The Hall–Kier alpha value is -3.25. The van der Waals surface area contributed by atoms with Gasteiger partial charge in [-0.15, -0.1) is 6.42 Å². The molecule has 0 saturated carbocycles. The number of carbonyl (C=O) groups excluding carboxylic acids is 3. The quantitative estimate of drug-likeness (QED) is 0.486. The second kappa shape index (κ2) is 10.8. The number of nitrogens with one attached hydrogen (secondary N) is 1. The van der Waals surface area contributed by atoms with Gasteiger partial charge in [-0.1, -0.05) is 5.92 Å². The van der Waals surface area contributed by atoms with Crippen molar-refractivity contribution in [1.29, 1.82) is 0 Å². The second-order valence-electron chi connectivity index (χ2n) is 5.70. The lowest BCUT2D eigenvalue weighted by atomic mass is 10.2. The minimum absolute atomic E-state index is 0.0550. The Balaban J connectivity index is 1.91. The molecule has 0 spiro atoms. The predicted octanol–water partition coefficient (Wildman–Crippen LogP) is -0.161. The molecule has 1 saturated heterocycles. The van der Waals surface area contributed by atoms with Crippen LogP contribution >= 0.6 is 0 Å². The number of hydrogen-bond acceptors (Lipinski definition) is 7. The van der Waals surface area contributed by atoms with Crippen molar-refractivity contribution in [3.8, 4) is 23.8 Å². The van der Waals surface area contributed by atoms with Gasteiger partial charge in [-0.05, 0) is 18.2 Å². The topological polar surface area (TPSA) is 103 Å². The first-order chi connectivity index (χ1) is 13.5. The van der Waals surface area contributed by atoms with E-state index in [1.807, 2.05) is 0 Å². The normalized spacial score (nSPS) is 13.2. The van der Waals surface area contributed by atoms with E-state index >= 15 is 0 Å². The Morgan fingerprint density at radius 1 is 1.21 bits per heavy atom. The number of amides is 2. The first kappa shape index (κ1) is 21.1. The van der Waals surface area contributed by atoms with E-state index in [2.05, 4.69) is 11.2 Å². The molecule has 2 rings (SSSR count). The first-order valence-corrected chi connectivity index (χ1v) is 8.58. The highest BCUT2D eigenvalue weighted by Gasteiger charge is 2.19. The zero-order valence-electron chi connectivity index (χ0n) is 15.6. The van der Waals surface area contributed by atoms with E-state index in [-0.39, 0.29) is 30.4 Å². The maximum atomic E-state index is 12.2. The second-order valence-corrected chi connectivity index (χ2v) is 5.70. The van der Waals surface area contributed by atoms with E-state index in [1.165, 1.54) is 25.3 Å². The van der Waals surface area contributed by atoms with Gasteiger partial charge in [-0.3, -0.25) is 9.59 Å². The molecule has 9 heteroatoms. The number of methoxy groups -OCH3 is 1. The highest BCUT2D eigenvalue weighted by atomic mass is 16.5. The van der Waals surface area contributed by atoms with E-state index in [0.717, 1.165) is 0 Å². The Morgan fingerprint density at radius 3 is 2.64 bits per heavy atom. The molecular formula is C19H22N2O7. The summed E-state index contributed by atoms with van der Waals surface area (Å²) in [7, 11) is 1.41. The molecule has 1 aliphatic heterocycles. The Labute approximate surface area is 162 Å². The van der Waals surface area contributed by atoms with Crippen LogP contribution in [0.5, 0.6) is 11.5 Å². The predicted molar refractivity (Wildman–Crippen MR) is 98.0 cm³/mol. The molecule has 28 heavy (non-hydrogen) atoms. The van der Waals surface area contributed by atoms with Crippen molar-refractivity contribution in [3.63, 3.8) is 0 Å². The lowest BCUT2D eigenvalue weighted by Gasteiger charge is -2.26. The highest BCUT2D eigenvalue weighted by molar-refractivity contribution is 5.92. The summed E-state index contributed by atoms with van der Waals surface area (Å²) in [6, 6.07) is 4.37. The Bertz CT molecular complexity index is 751. The fourth-order valence-electron chi connectivity index (χ4n) is 2.37. The van der Waals surface area contributed by atoms with Gasteiger partial charge in [0.15, 0.2) is 24.7 Å². The molecule has 0 aromatic heterocycles. The van der Waals surface area contributed by atoms with Crippen molar-refractivity contribution < 1.29 is 33.3 Å². The summed E-state index contributed by atoms with van der Waals surface area (Å²) in [6.45, 7) is 1.52. The standard InChI is InChI=1S/C19H22N2O7/c1-3-6-20-17(22)12-28-19(24)14-4-5-15(16(11-14)25-2)27-13-18(23)21-7-9-26-10-8-21/h1,4-5,11H,6-10,12-13H2,2H3,(H,20,22). The minimum atomic E-state index is -0.704. The smallest absolute Gasteiger partial charge is 0.338 e. The largest absolute Gasteiger partial charge is 0.493 e. The summed E-state index contributed by atoms with van der Waals surface area (Å²) in [5.41, 5.74) is 0.174. The minimum Gasteiger partial charge on any atom is -0.493 e. The van der Waals surface area contributed by atoms with E-state index in [0.29, 0.717) is 32.1 Å². The van der Waals surface area contributed by atoms with Gasteiger partial charge in [0.2, 0.25) is 0 Å². The van der Waals surface area contributed by atoms with E-state index < -0.39 is 18.5 Å². The first-order valence-electron chi connectivity index (χ1n) is 8.58. The fraction of sp³-hybridized carbons (Fsp3) is 0.421. The fourth-order valence-corrected chi connectivity index (χ4v) is 2.37. The van der Waals surface area contributed by atoms with E-state index in [1.54, 1.807) is 4.90 Å². The van der Waals surface area contributed by atoms with Gasteiger partial charge in [-0.2, -0.15) is 0 Å². The lowest BCUT2D eigenvalue weighted by molar-refractivity contribution is -0.137. The molecule has 150 valence electrons. The number of hydrogen-bond donors (Lipinski definition) is 1. The van der Waals surface area contributed by atoms with Crippen molar-refractivity contribution in [1.82, 2.24) is 10.2 Å². The zero-order valence-corrected chi connectivity index (χ0v) is 15.6. The third kappa shape index (κ3) is 6.17. The molecule has 1 heterocycles. The van der Waals surface area contributed by atoms with Gasteiger partial charge in [0.1, 0.15) is 0 Å². The molecule has 9 nitrogen and oxygen atoms in total. The molecular weight excluding hydrogens is 368 g/mol. The summed E-state index contributed by atoms with van der Waals surface area (Å²) in [4.78, 5) is 37.3. The van der Waals surface area contributed by atoms with Gasteiger partial charge < -0.3 is 29.2 Å². The number of nitrogens with zero attached hydrogens (tertiary/aromatic N) is 1. The number of morpholine rings is 1. The van der Waals surface area contributed by atoms with Crippen LogP contribution in [-0.2, 0) is 19.1 Å². The maximum absolute atomic E-state index is 12.2. The van der Waals surface area contributed by atoms with E-state index in [9.17, 15) is 14.4 Å². The van der Waals surface area contributed by atoms with Gasteiger partial charge in [0.25, 0.3) is 11.8 Å². The molecule has 1 fully saturated rings. The SMILES string of the molecule is C#CCNC(=O)COC(=O)c1ccc(OCC(=O)N2CCOCC2)c(OC)c1. The summed E-state index contributed by atoms with van der Waals surface area (Å²) in [5, 5.41) is 2.38. The van der Waals surface area contributed by atoms with Crippen molar-refractivity contribution in [2.75, 3.05) is 53.2 Å². The maximum Gasteiger partial charge on any atom is 0.338 e. The molecule has 0 atom stereocenters. The van der Waals surface area contributed by atoms with Crippen molar-refractivity contribution in [2.45, 2.75) is 0 Å². The molecule has 2 amide bonds. The molecule has 1 aliphatic rings. The third-order valence-electron chi connectivity index (χ3n) is 3.84. The number of ether oxygens (including phenoxy) is 4. The van der Waals surface area contributed by atoms with Gasteiger partial charge in [-0.25, -0.2) is 4.79 Å². The number of benzene rings is 1. The average Bonchev–Trinajstić information content (AvgIpc) is 2.74. The zero-order chi connectivity index (χ0) is 20.4. The summed E-state index contributed by atoms with van der Waals surface area (Å²) in [5.74, 6) is 1.46. The molecule has 1 aromatic rings. The summed E-state index contributed by atoms with van der Waals surface area (Å²) in [6.07, 6.45) is 5.03. The van der Waals surface area contributed by atoms with Crippen molar-refractivity contribution >= 4 is 17.8 Å². The summed E-state index contributed by atoms with van der Waals surface area (Å²) >= 11 is 0. The van der Waals surface area contributed by atoms with Crippen LogP contribution in [0.1, 0.15) is 10.4 Å². The van der Waals surface area contributed by atoms with E-state index in [4.69, 9.17) is 25.4 Å². The highest BCUT2D eigenvalue weighted by Crippen LogP contribution is 2.28. The van der Waals surface area contributed by atoms with Crippen LogP contribution in [0.15, 0.2) is 18.2 Å². The molecule has 0 aliphatic carbocycles. The van der Waals surface area contributed by atoms with Crippen LogP contribution in [0.3, 0.4) is 0 Å². The van der Waals surface area contributed by atoms with Crippen LogP contribution < -0.4 is 14.8 Å². The van der Waals surface area contributed by atoms with Crippen LogP contribution in [0.25, 0.3) is 0 Å². The van der Waals surface area contributed by atoms with Gasteiger partial charge in [0.05, 0.1) is 32.4 Å². The average molecular weight is 390 g/mol. The van der Waals surface area contributed by atoms with Gasteiger partial charge in [0, 0.05) is 13.1 Å². The molecule has 0 radical (unpaired) electrons. The molecule has 0 bridgehead atoms. The number of carbonyl (C=O) groups is 3. The molecule has 0 unspecified atom stereocenters. The number of esters is 1. The summed E-state index contributed by atoms with van der Waals surface area (Å²) < 4.78 is 20.9. The third-order valence-corrected chi connectivity index (χ3v) is 3.84. The monoisotopic (exact) mass is 390 g/mol. The Kier molecular flexibility index (Phi) is 8.11. The van der Waals surface area contributed by atoms with Crippen molar-refractivity contribution in [3.05, 3.63) is 23.8 Å². The number of terminal acetylenes is 1. The molecule has 1 N–H and O–H groups in total. The van der Waals surface area contributed by atoms with Crippen molar-refractivity contribution in [2.24, 2.45) is 0 Å². The van der Waals surface area contributed by atoms with Gasteiger partial charge >= 0.3 is 5.97 Å². The van der Waals surface area contributed by atoms with Crippen LogP contribution in [0.4, 0.5) is 0 Å².